The highest BCUT2D eigenvalue weighted by Crippen LogP contribution is 2.24. The molecular weight excluding hydrogens is 433 g/mol. The van der Waals surface area contributed by atoms with Crippen molar-refractivity contribution in [2.75, 3.05) is 25.0 Å². The molecule has 1 amide bonds. The number of piperidine rings is 1. The number of aromatic nitrogens is 1. The predicted molar refractivity (Wildman–Crippen MR) is 109 cm³/mol. The zero-order valence-corrected chi connectivity index (χ0v) is 17.8. The molecule has 8 heteroatoms. The number of hydrogen-bond acceptors (Lipinski definition) is 5. The van der Waals surface area contributed by atoms with E-state index in [1.807, 2.05) is 5.38 Å². The van der Waals surface area contributed by atoms with Crippen molar-refractivity contribution in [3.63, 3.8) is 0 Å². The minimum Gasteiger partial charge on any atom is -0.481 e. The standard InChI is InChI=1S/C19H23BrFN3O2S/c1-12-5-13(2)8-24(7-12)9-15-11-27-19(22-15)23-18(25)10-26-17-4-3-14(20)6-16(17)21/h3-4,6,11-13H,5,7-10H2,1-2H3,(H,22,23,25). The van der Waals surface area contributed by atoms with Gasteiger partial charge in [0.1, 0.15) is 0 Å². The molecule has 0 bridgehead atoms. The van der Waals surface area contributed by atoms with E-state index in [1.54, 1.807) is 6.07 Å². The van der Waals surface area contributed by atoms with Crippen molar-refractivity contribution in [1.29, 1.82) is 0 Å². The van der Waals surface area contributed by atoms with Crippen LogP contribution in [0.5, 0.6) is 5.75 Å². The van der Waals surface area contributed by atoms with Crippen molar-refractivity contribution in [2.45, 2.75) is 26.8 Å². The Labute approximate surface area is 171 Å². The molecule has 0 saturated carbocycles. The Balaban J connectivity index is 1.49. The van der Waals surface area contributed by atoms with E-state index in [0.717, 1.165) is 25.3 Å². The van der Waals surface area contributed by atoms with E-state index >= 15 is 0 Å². The predicted octanol–water partition coefficient (Wildman–Crippen LogP) is 4.54. The molecule has 2 heterocycles. The first-order chi connectivity index (χ1) is 12.9. The second-order valence-electron chi connectivity index (χ2n) is 7.20. The summed E-state index contributed by atoms with van der Waals surface area (Å²) in [4.78, 5) is 18.9. The van der Waals surface area contributed by atoms with E-state index in [1.165, 1.54) is 29.9 Å². The maximum absolute atomic E-state index is 13.7. The Morgan fingerprint density at radius 1 is 1.41 bits per heavy atom. The lowest BCUT2D eigenvalue weighted by Crippen LogP contribution is -2.38. The van der Waals surface area contributed by atoms with Crippen molar-refractivity contribution >= 4 is 38.3 Å². The summed E-state index contributed by atoms with van der Waals surface area (Å²) in [7, 11) is 0. The number of carbonyl (C=O) groups excluding carboxylic acids is 1. The van der Waals surface area contributed by atoms with Crippen LogP contribution >= 0.6 is 27.3 Å². The summed E-state index contributed by atoms with van der Waals surface area (Å²) in [6, 6.07) is 4.43. The van der Waals surface area contributed by atoms with E-state index in [0.29, 0.717) is 21.4 Å². The Morgan fingerprint density at radius 3 is 2.85 bits per heavy atom. The van der Waals surface area contributed by atoms with Gasteiger partial charge in [-0.2, -0.15) is 0 Å². The average molecular weight is 456 g/mol. The lowest BCUT2D eigenvalue weighted by atomic mass is 9.92. The fourth-order valence-corrected chi connectivity index (χ4v) is 4.53. The van der Waals surface area contributed by atoms with Gasteiger partial charge >= 0.3 is 0 Å². The number of benzene rings is 1. The number of hydrogen-bond donors (Lipinski definition) is 1. The van der Waals surface area contributed by atoms with E-state index in [4.69, 9.17) is 4.74 Å². The van der Waals surface area contributed by atoms with Crippen molar-refractivity contribution in [3.05, 3.63) is 39.6 Å². The van der Waals surface area contributed by atoms with Crippen LogP contribution in [0.25, 0.3) is 0 Å². The summed E-state index contributed by atoms with van der Waals surface area (Å²) in [5.74, 6) is 0.559. The quantitative estimate of drug-likeness (QED) is 0.694. The summed E-state index contributed by atoms with van der Waals surface area (Å²) in [6.45, 7) is 7.25. The molecule has 2 unspecified atom stereocenters. The number of nitrogens with zero attached hydrogens (tertiary/aromatic N) is 2. The molecule has 1 aliphatic heterocycles. The molecule has 1 fully saturated rings. The molecule has 5 nitrogen and oxygen atoms in total. The maximum Gasteiger partial charge on any atom is 0.264 e. The zero-order valence-electron chi connectivity index (χ0n) is 15.4. The summed E-state index contributed by atoms with van der Waals surface area (Å²) < 4.78 is 19.6. The molecule has 146 valence electrons. The highest BCUT2D eigenvalue weighted by atomic mass is 79.9. The van der Waals surface area contributed by atoms with Gasteiger partial charge in [-0.05, 0) is 36.5 Å². The zero-order chi connectivity index (χ0) is 19.4. The topological polar surface area (TPSA) is 54.5 Å². The van der Waals surface area contributed by atoms with Crippen LogP contribution in [0.2, 0.25) is 0 Å². The molecule has 1 aromatic heterocycles. The Morgan fingerprint density at radius 2 is 2.15 bits per heavy atom. The smallest absolute Gasteiger partial charge is 0.264 e. The number of nitrogens with one attached hydrogen (secondary N) is 1. The number of carbonyl (C=O) groups is 1. The van der Waals surface area contributed by atoms with Gasteiger partial charge in [0.15, 0.2) is 23.3 Å². The van der Waals surface area contributed by atoms with Gasteiger partial charge in [0, 0.05) is 29.5 Å². The van der Waals surface area contributed by atoms with Crippen molar-refractivity contribution in [2.24, 2.45) is 11.8 Å². The maximum atomic E-state index is 13.7. The van der Waals surface area contributed by atoms with E-state index < -0.39 is 5.82 Å². The normalized spacial score (nSPS) is 20.4. The van der Waals surface area contributed by atoms with Gasteiger partial charge in [-0.1, -0.05) is 29.8 Å². The summed E-state index contributed by atoms with van der Waals surface area (Å²) in [5, 5.41) is 5.21. The third-order valence-electron chi connectivity index (χ3n) is 4.38. The third-order valence-corrected chi connectivity index (χ3v) is 5.68. The van der Waals surface area contributed by atoms with E-state index in [9.17, 15) is 9.18 Å². The van der Waals surface area contributed by atoms with Crippen molar-refractivity contribution in [1.82, 2.24) is 9.88 Å². The van der Waals surface area contributed by atoms with Crippen molar-refractivity contribution in [3.8, 4) is 5.75 Å². The van der Waals surface area contributed by atoms with Crippen LogP contribution in [0.1, 0.15) is 26.0 Å². The fourth-order valence-electron chi connectivity index (χ4n) is 3.48. The van der Waals surface area contributed by atoms with E-state index in [-0.39, 0.29) is 18.3 Å². The molecule has 1 aliphatic rings. The molecule has 2 aromatic rings. The van der Waals surface area contributed by atoms with Gasteiger partial charge in [-0.3, -0.25) is 15.0 Å². The van der Waals surface area contributed by atoms with Crippen LogP contribution < -0.4 is 10.1 Å². The van der Waals surface area contributed by atoms with E-state index in [2.05, 4.69) is 45.0 Å². The van der Waals surface area contributed by atoms with Crippen LogP contribution in [0, 0.1) is 17.7 Å². The first-order valence-corrected chi connectivity index (χ1v) is 10.6. The molecule has 0 aliphatic carbocycles. The van der Waals surface area contributed by atoms with Gasteiger partial charge in [0.05, 0.1) is 5.69 Å². The molecule has 0 radical (unpaired) electrons. The van der Waals surface area contributed by atoms with Crippen LogP contribution in [-0.2, 0) is 11.3 Å². The highest BCUT2D eigenvalue weighted by Gasteiger charge is 2.22. The van der Waals surface area contributed by atoms with Crippen LogP contribution in [0.15, 0.2) is 28.1 Å². The molecular formula is C19H23BrFN3O2S. The van der Waals surface area contributed by atoms with Crippen LogP contribution in [-0.4, -0.2) is 35.5 Å². The van der Waals surface area contributed by atoms with Crippen LogP contribution in [0.3, 0.4) is 0 Å². The van der Waals surface area contributed by atoms with Gasteiger partial charge in [0.2, 0.25) is 0 Å². The minimum atomic E-state index is -0.515. The fraction of sp³-hybridized carbons (Fsp3) is 0.474. The Bertz CT molecular complexity index is 791. The molecule has 1 aromatic carbocycles. The number of halogens is 2. The lowest BCUT2D eigenvalue weighted by Gasteiger charge is -2.34. The number of ether oxygens (including phenoxy) is 1. The second-order valence-corrected chi connectivity index (χ2v) is 8.97. The molecule has 3 rings (SSSR count). The first-order valence-electron chi connectivity index (χ1n) is 8.93. The highest BCUT2D eigenvalue weighted by molar-refractivity contribution is 9.10. The molecule has 27 heavy (non-hydrogen) atoms. The van der Waals surface area contributed by atoms with Crippen LogP contribution in [0.4, 0.5) is 9.52 Å². The number of amides is 1. The summed E-state index contributed by atoms with van der Waals surface area (Å²) >= 11 is 4.57. The molecule has 1 N–H and O–H groups in total. The molecule has 0 spiro atoms. The number of rotatable bonds is 6. The summed E-state index contributed by atoms with van der Waals surface area (Å²) in [5.41, 5.74) is 0.955. The number of anilines is 1. The second kappa shape index (κ2) is 9.12. The number of thiazole rings is 1. The van der Waals surface area contributed by atoms with Gasteiger partial charge < -0.3 is 4.74 Å². The lowest BCUT2D eigenvalue weighted by molar-refractivity contribution is -0.118. The first kappa shape index (κ1) is 20.2. The average Bonchev–Trinajstić information content (AvgIpc) is 3.00. The minimum absolute atomic E-state index is 0.0431. The SMILES string of the molecule is CC1CC(C)CN(Cc2csc(NC(=O)COc3ccc(Br)cc3F)n2)C1. The van der Waals surface area contributed by atoms with Gasteiger partial charge in [0.25, 0.3) is 5.91 Å². The van der Waals surface area contributed by atoms with Crippen molar-refractivity contribution < 1.29 is 13.9 Å². The summed E-state index contributed by atoms with van der Waals surface area (Å²) in [6.07, 6.45) is 1.27. The third kappa shape index (κ3) is 5.99. The number of likely N-dealkylation sites (tertiary alicyclic amines) is 1. The Kier molecular flexibility index (Phi) is 6.83. The molecule has 1 saturated heterocycles. The largest absolute Gasteiger partial charge is 0.481 e. The van der Waals surface area contributed by atoms with Gasteiger partial charge in [-0.15, -0.1) is 11.3 Å². The Hall–Kier alpha value is -1.51. The van der Waals surface area contributed by atoms with Gasteiger partial charge in [-0.25, -0.2) is 9.37 Å². The monoisotopic (exact) mass is 455 g/mol. The molecule has 2 atom stereocenters.